The van der Waals surface area contributed by atoms with Crippen molar-refractivity contribution in [2.24, 2.45) is 0 Å². The van der Waals surface area contributed by atoms with Gasteiger partial charge in [-0.1, -0.05) is 0 Å². The summed E-state index contributed by atoms with van der Waals surface area (Å²) in [4.78, 5) is 8.37. The quantitative estimate of drug-likeness (QED) is 0.534. The van der Waals surface area contributed by atoms with Gasteiger partial charge in [-0.2, -0.15) is 0 Å². The van der Waals surface area contributed by atoms with Crippen LogP contribution in [0.15, 0.2) is 30.7 Å². The minimum absolute atomic E-state index is 0.876. The molecule has 0 spiro atoms. The zero-order valence-electron chi connectivity index (χ0n) is 6.23. The van der Waals surface area contributed by atoms with Crippen LogP contribution < -0.4 is 0 Å². The van der Waals surface area contributed by atoms with Crippen LogP contribution in [-0.4, -0.2) is 19.6 Å². The van der Waals surface area contributed by atoms with Crippen molar-refractivity contribution in [2.45, 2.75) is 0 Å². The Kier molecular flexibility index (Phi) is 0.889. The van der Waals surface area contributed by atoms with E-state index in [9.17, 15) is 0 Å². The first-order valence-electron chi connectivity index (χ1n) is 3.71. The van der Waals surface area contributed by atoms with E-state index in [1.165, 1.54) is 0 Å². The molecule has 0 aliphatic carbocycles. The minimum Gasteiger partial charge on any atom is -0.275 e. The highest BCUT2D eigenvalue weighted by Gasteiger charge is 2.02. The summed E-state index contributed by atoms with van der Waals surface area (Å²) in [5.74, 6) is 0. The van der Waals surface area contributed by atoms with Gasteiger partial charge in [0.25, 0.3) is 0 Å². The Morgan fingerprint density at radius 2 is 2.25 bits per heavy atom. The third-order valence-corrected chi connectivity index (χ3v) is 1.92. The van der Waals surface area contributed by atoms with Crippen LogP contribution in [0.1, 0.15) is 0 Å². The molecule has 3 aromatic heterocycles. The first-order chi connectivity index (χ1) is 5.95. The number of rotatable bonds is 0. The number of aromatic amines is 1. The van der Waals surface area contributed by atoms with Gasteiger partial charge < -0.3 is 0 Å². The molecule has 0 amide bonds. The predicted molar refractivity (Wildman–Crippen MR) is 44.8 cm³/mol. The van der Waals surface area contributed by atoms with Gasteiger partial charge in [-0.25, -0.2) is 14.5 Å². The van der Waals surface area contributed by atoms with Gasteiger partial charge in [0, 0.05) is 18.6 Å². The number of pyridine rings is 1. The van der Waals surface area contributed by atoms with Crippen LogP contribution in [0.25, 0.3) is 16.7 Å². The Hall–Kier alpha value is -1.84. The lowest BCUT2D eigenvalue weighted by atomic mass is 10.3. The average Bonchev–Trinajstić information content (AvgIpc) is 2.62. The lowest BCUT2D eigenvalue weighted by molar-refractivity contribution is 0.983. The smallest absolute Gasteiger partial charge is 0.162 e. The van der Waals surface area contributed by atoms with E-state index in [-0.39, 0.29) is 0 Å². The summed E-state index contributed by atoms with van der Waals surface area (Å²) in [5.41, 5.74) is 1.80. The molecular formula is C8H6N4. The molecule has 3 heterocycles. The van der Waals surface area contributed by atoms with Crippen LogP contribution in [0.3, 0.4) is 0 Å². The van der Waals surface area contributed by atoms with Crippen LogP contribution in [0, 0.1) is 0 Å². The van der Waals surface area contributed by atoms with E-state index in [1.54, 1.807) is 12.4 Å². The average molecular weight is 158 g/mol. The summed E-state index contributed by atoms with van der Waals surface area (Å²) in [5, 5.41) is 4.16. The summed E-state index contributed by atoms with van der Waals surface area (Å²) in [7, 11) is 0. The minimum atomic E-state index is 0.876. The molecule has 12 heavy (non-hydrogen) atoms. The maximum Gasteiger partial charge on any atom is 0.162 e. The lowest BCUT2D eigenvalue weighted by Crippen LogP contribution is -1.78. The van der Waals surface area contributed by atoms with Gasteiger partial charge in [0.2, 0.25) is 0 Å². The highest BCUT2D eigenvalue weighted by atomic mass is 15.3. The standard InChI is InChI=1S/C8H6N4/c1-2-6-7(9-3-1)11-12-5-4-10-8(6)12/h1-5H,(H,9,11). The van der Waals surface area contributed by atoms with Gasteiger partial charge in [0.05, 0.1) is 5.39 Å². The van der Waals surface area contributed by atoms with Gasteiger partial charge in [0.1, 0.15) is 0 Å². The van der Waals surface area contributed by atoms with Crippen LogP contribution in [-0.2, 0) is 0 Å². The molecule has 0 atom stereocenters. The molecule has 58 valence electrons. The van der Waals surface area contributed by atoms with Crippen molar-refractivity contribution in [1.82, 2.24) is 19.6 Å². The number of aromatic nitrogens is 4. The number of nitrogens with zero attached hydrogens (tertiary/aromatic N) is 3. The molecule has 0 saturated heterocycles. The molecule has 3 aromatic rings. The van der Waals surface area contributed by atoms with E-state index in [4.69, 9.17) is 0 Å². The SMILES string of the molecule is c1cnc2[nH]n3ccnc3c2c1. The largest absolute Gasteiger partial charge is 0.275 e. The molecule has 0 saturated carbocycles. The Morgan fingerprint density at radius 3 is 3.25 bits per heavy atom. The van der Waals surface area contributed by atoms with E-state index < -0.39 is 0 Å². The van der Waals surface area contributed by atoms with Crippen molar-refractivity contribution < 1.29 is 0 Å². The maximum absolute atomic E-state index is 4.20. The van der Waals surface area contributed by atoms with Crippen LogP contribution in [0.5, 0.6) is 0 Å². The van der Waals surface area contributed by atoms with Gasteiger partial charge in [-0.3, -0.25) is 5.10 Å². The van der Waals surface area contributed by atoms with Crippen LogP contribution in [0.4, 0.5) is 0 Å². The maximum atomic E-state index is 4.20. The monoisotopic (exact) mass is 158 g/mol. The fourth-order valence-electron chi connectivity index (χ4n) is 1.38. The van der Waals surface area contributed by atoms with Gasteiger partial charge >= 0.3 is 0 Å². The molecule has 0 bridgehead atoms. The van der Waals surface area contributed by atoms with Crippen molar-refractivity contribution in [1.29, 1.82) is 0 Å². The Labute approximate surface area is 67.8 Å². The highest BCUT2D eigenvalue weighted by Crippen LogP contribution is 2.14. The lowest BCUT2D eigenvalue weighted by Gasteiger charge is -1.82. The zero-order valence-corrected chi connectivity index (χ0v) is 6.23. The van der Waals surface area contributed by atoms with E-state index in [1.807, 2.05) is 22.8 Å². The van der Waals surface area contributed by atoms with Crippen LogP contribution in [0.2, 0.25) is 0 Å². The molecule has 0 fully saturated rings. The number of H-pyrrole nitrogens is 1. The fraction of sp³-hybridized carbons (Fsp3) is 0. The van der Waals surface area contributed by atoms with Crippen molar-refractivity contribution in [2.75, 3.05) is 0 Å². The van der Waals surface area contributed by atoms with E-state index in [0.717, 1.165) is 16.7 Å². The summed E-state index contributed by atoms with van der Waals surface area (Å²) in [6.07, 6.45) is 5.40. The number of fused-ring (bicyclic) bond motifs is 3. The van der Waals surface area contributed by atoms with Crippen molar-refractivity contribution in [3.05, 3.63) is 30.7 Å². The molecule has 0 aromatic carbocycles. The first kappa shape index (κ1) is 5.77. The van der Waals surface area contributed by atoms with Crippen LogP contribution >= 0.6 is 0 Å². The number of hydrogen-bond acceptors (Lipinski definition) is 2. The normalized spacial score (nSPS) is 11.3. The second-order valence-electron chi connectivity index (χ2n) is 2.63. The first-order valence-corrected chi connectivity index (χ1v) is 3.71. The molecule has 0 aliphatic rings. The molecule has 4 nitrogen and oxygen atoms in total. The Bertz CT molecular complexity index is 533. The highest BCUT2D eigenvalue weighted by molar-refractivity contribution is 5.89. The molecule has 4 heteroatoms. The third kappa shape index (κ3) is 0.567. The Morgan fingerprint density at radius 1 is 1.25 bits per heavy atom. The number of hydrogen-bond donors (Lipinski definition) is 1. The molecule has 0 aliphatic heterocycles. The second kappa shape index (κ2) is 1.85. The van der Waals surface area contributed by atoms with E-state index >= 15 is 0 Å². The topological polar surface area (TPSA) is 46.0 Å². The summed E-state index contributed by atoms with van der Waals surface area (Å²) in [6, 6.07) is 3.91. The molecular weight excluding hydrogens is 152 g/mol. The summed E-state index contributed by atoms with van der Waals surface area (Å²) in [6.45, 7) is 0. The second-order valence-corrected chi connectivity index (χ2v) is 2.63. The third-order valence-electron chi connectivity index (χ3n) is 1.92. The van der Waals surface area contributed by atoms with E-state index in [0.29, 0.717) is 0 Å². The van der Waals surface area contributed by atoms with E-state index in [2.05, 4.69) is 15.1 Å². The number of nitrogens with one attached hydrogen (secondary N) is 1. The molecule has 0 radical (unpaired) electrons. The predicted octanol–water partition coefficient (Wildman–Crippen LogP) is 1.21. The molecule has 3 rings (SSSR count). The van der Waals surface area contributed by atoms with Gasteiger partial charge in [-0.05, 0) is 12.1 Å². The zero-order chi connectivity index (χ0) is 7.97. The molecule has 1 N–H and O–H groups in total. The van der Waals surface area contributed by atoms with Crippen molar-refractivity contribution in [3.8, 4) is 0 Å². The fourth-order valence-corrected chi connectivity index (χ4v) is 1.38. The van der Waals surface area contributed by atoms with Gasteiger partial charge in [-0.15, -0.1) is 0 Å². The van der Waals surface area contributed by atoms with Crippen molar-refractivity contribution >= 4 is 16.7 Å². The number of imidazole rings is 1. The van der Waals surface area contributed by atoms with Gasteiger partial charge in [0.15, 0.2) is 11.3 Å². The van der Waals surface area contributed by atoms with Crippen molar-refractivity contribution in [3.63, 3.8) is 0 Å². The summed E-state index contributed by atoms with van der Waals surface area (Å²) >= 11 is 0. The molecule has 0 unspecified atom stereocenters. The Balaban J connectivity index is 2.68. The summed E-state index contributed by atoms with van der Waals surface area (Å²) < 4.78 is 1.86.